The highest BCUT2D eigenvalue weighted by molar-refractivity contribution is 6.02. The maximum Gasteiger partial charge on any atom is 0.303 e. The van der Waals surface area contributed by atoms with Crippen LogP contribution in [0.3, 0.4) is 0 Å². The Balaban J connectivity index is 1.66. The number of Topliss-reactive ketones (excluding diaryl/α,β-unsaturated/α-hetero) is 2. The van der Waals surface area contributed by atoms with E-state index in [1.165, 1.54) is 0 Å². The van der Waals surface area contributed by atoms with Gasteiger partial charge in [0.15, 0.2) is 5.78 Å². The number of unbranched alkanes of at least 4 members (excludes halogenated alkanes) is 4. The maximum absolute atomic E-state index is 13.1. The summed E-state index contributed by atoms with van der Waals surface area (Å²) in [5, 5.41) is 41.1. The van der Waals surface area contributed by atoms with Crippen LogP contribution in [0.2, 0.25) is 0 Å². The first kappa shape index (κ1) is 28.5. The maximum atomic E-state index is 13.1. The third-order valence-corrected chi connectivity index (χ3v) is 7.72. The number of hydrogen-bond donors (Lipinski definition) is 4. The lowest BCUT2D eigenvalue weighted by atomic mass is 9.67. The Morgan fingerprint density at radius 1 is 1.19 bits per heavy atom. The molecule has 1 fully saturated rings. The van der Waals surface area contributed by atoms with Crippen molar-refractivity contribution >= 4 is 17.5 Å². The van der Waals surface area contributed by atoms with E-state index in [0.717, 1.165) is 25.7 Å². The fraction of sp³-hybridized carbons (Fsp3) is 0.741. The first-order chi connectivity index (χ1) is 17.1. The van der Waals surface area contributed by atoms with Gasteiger partial charge in [0.05, 0.1) is 17.9 Å². The molecule has 0 spiro atoms. The van der Waals surface area contributed by atoms with Crippen LogP contribution in [0.15, 0.2) is 23.4 Å². The highest BCUT2D eigenvalue weighted by atomic mass is 16.6. The molecule has 4 N–H and O–H groups in total. The predicted octanol–water partition coefficient (Wildman–Crippen LogP) is 2.33. The van der Waals surface area contributed by atoms with Crippen molar-refractivity contribution in [2.45, 2.75) is 102 Å². The van der Waals surface area contributed by atoms with Gasteiger partial charge in [0.1, 0.15) is 6.10 Å². The lowest BCUT2D eigenvalue weighted by Crippen LogP contribution is -2.59. The molecule has 0 amide bonds. The Bertz CT molecular complexity index is 883. The van der Waals surface area contributed by atoms with Crippen molar-refractivity contribution in [2.75, 3.05) is 13.6 Å². The SMILES string of the molecule is CC/C=C\C[C@@H]1[C@H](CC(=O)[C@@H](O)CCCCCCCC(=O)O)O[C@@]2(O)C[C@@H]1C1=C(C2=O)N(C)C[C@@H]1O. The molecular formula is C27H41NO8. The second-order valence-corrected chi connectivity index (χ2v) is 10.4. The van der Waals surface area contributed by atoms with E-state index >= 15 is 0 Å². The number of hydrogen-bond acceptors (Lipinski definition) is 8. The summed E-state index contributed by atoms with van der Waals surface area (Å²) in [5.74, 6) is -4.34. The molecule has 6 atom stereocenters. The van der Waals surface area contributed by atoms with E-state index < -0.39 is 35.9 Å². The molecule has 0 aromatic carbocycles. The first-order valence-corrected chi connectivity index (χ1v) is 13.2. The number of ether oxygens (including phenoxy) is 1. The summed E-state index contributed by atoms with van der Waals surface area (Å²) < 4.78 is 5.95. The Morgan fingerprint density at radius 3 is 2.58 bits per heavy atom. The van der Waals surface area contributed by atoms with E-state index in [1.54, 1.807) is 11.9 Å². The van der Waals surface area contributed by atoms with Crippen molar-refractivity contribution in [1.82, 2.24) is 4.90 Å². The molecule has 202 valence electrons. The Morgan fingerprint density at radius 2 is 1.89 bits per heavy atom. The van der Waals surface area contributed by atoms with Gasteiger partial charge >= 0.3 is 5.97 Å². The molecule has 1 aliphatic carbocycles. The van der Waals surface area contributed by atoms with Gasteiger partial charge in [-0.15, -0.1) is 0 Å². The third kappa shape index (κ3) is 6.43. The third-order valence-electron chi connectivity index (χ3n) is 7.72. The lowest BCUT2D eigenvalue weighted by molar-refractivity contribution is -0.264. The molecule has 0 radical (unpaired) electrons. The molecule has 36 heavy (non-hydrogen) atoms. The molecular weight excluding hydrogens is 466 g/mol. The standard InChI is InChI=1S/C27H41NO8/c1-3-4-8-11-17-18-15-27(35,26(34)25-24(18)21(31)16-28(25)2)36-22(17)14-20(30)19(29)12-9-6-5-7-10-13-23(32)33/h4,8,17-19,21-22,29,31,35H,3,5-7,9-16H2,1-2H3,(H,32,33)/b8-4-/t17-,18-,19-,21-,22-,27-/m0/s1. The average Bonchev–Trinajstić information content (AvgIpc) is 3.11. The number of nitrogens with zero attached hydrogens (tertiary/aromatic N) is 1. The highest BCUT2D eigenvalue weighted by Gasteiger charge is 2.59. The molecule has 9 nitrogen and oxygen atoms in total. The van der Waals surface area contributed by atoms with Crippen molar-refractivity contribution in [1.29, 1.82) is 0 Å². The van der Waals surface area contributed by atoms with Crippen LogP contribution in [0.1, 0.15) is 77.6 Å². The highest BCUT2D eigenvalue weighted by Crippen LogP contribution is 2.51. The number of carbonyl (C=O) groups is 3. The minimum absolute atomic E-state index is 0.0509. The van der Waals surface area contributed by atoms with Crippen LogP contribution in [-0.2, 0) is 19.1 Å². The molecule has 2 heterocycles. The van der Waals surface area contributed by atoms with E-state index in [-0.39, 0.29) is 43.4 Å². The zero-order valence-electron chi connectivity index (χ0n) is 21.4. The van der Waals surface area contributed by atoms with E-state index in [4.69, 9.17) is 9.84 Å². The van der Waals surface area contributed by atoms with E-state index in [1.807, 2.05) is 19.1 Å². The number of β-amino-alcohol motifs (C(OH)–C–C–N with tert-alkyl or cyclic N) is 1. The summed E-state index contributed by atoms with van der Waals surface area (Å²) in [7, 11) is 1.71. The molecule has 0 aromatic heterocycles. The largest absolute Gasteiger partial charge is 0.481 e. The normalized spacial score (nSPS) is 30.7. The molecule has 3 rings (SSSR count). The number of allylic oxidation sites excluding steroid dienone is 2. The van der Waals surface area contributed by atoms with E-state index in [2.05, 4.69) is 0 Å². The number of ketones is 2. The van der Waals surface area contributed by atoms with Gasteiger partial charge in [-0.3, -0.25) is 14.4 Å². The summed E-state index contributed by atoms with van der Waals surface area (Å²) in [6.07, 6.45) is 6.81. The number of likely N-dealkylation sites (N-methyl/N-ethyl adjacent to an activating group) is 1. The number of aliphatic carboxylic acids is 1. The van der Waals surface area contributed by atoms with Crippen molar-refractivity contribution in [3.8, 4) is 0 Å². The van der Waals surface area contributed by atoms with Gasteiger partial charge in [0, 0.05) is 32.9 Å². The van der Waals surface area contributed by atoms with Crippen LogP contribution in [0.25, 0.3) is 0 Å². The molecule has 1 saturated heterocycles. The van der Waals surface area contributed by atoms with Crippen LogP contribution < -0.4 is 0 Å². The molecule has 9 heteroatoms. The fourth-order valence-electron chi connectivity index (χ4n) is 5.89. The number of carboxylic acid groups (broad SMARTS) is 1. The minimum Gasteiger partial charge on any atom is -0.481 e. The van der Waals surface area contributed by atoms with Gasteiger partial charge in [-0.25, -0.2) is 0 Å². The quantitative estimate of drug-likeness (QED) is 0.206. The smallest absolute Gasteiger partial charge is 0.303 e. The summed E-state index contributed by atoms with van der Waals surface area (Å²) in [4.78, 5) is 38.3. The summed E-state index contributed by atoms with van der Waals surface area (Å²) in [5.41, 5.74) is 0.949. The number of carbonyl (C=O) groups excluding carboxylic acids is 2. The van der Waals surface area contributed by atoms with Gasteiger partial charge in [-0.1, -0.05) is 44.8 Å². The minimum atomic E-state index is -2.04. The summed E-state index contributed by atoms with van der Waals surface area (Å²) in [6.45, 7) is 2.30. The molecule has 2 bridgehead atoms. The van der Waals surface area contributed by atoms with Gasteiger partial charge in [-0.05, 0) is 43.1 Å². The Hall–Kier alpha value is -2.07. The number of carboxylic acids is 1. The first-order valence-electron chi connectivity index (χ1n) is 13.2. The van der Waals surface area contributed by atoms with E-state index in [0.29, 0.717) is 37.0 Å². The zero-order chi connectivity index (χ0) is 26.5. The van der Waals surface area contributed by atoms with Crippen molar-refractivity contribution in [2.24, 2.45) is 11.8 Å². The van der Waals surface area contributed by atoms with Crippen molar-refractivity contribution in [3.05, 3.63) is 23.4 Å². The number of aliphatic hydroxyl groups excluding tert-OH is 2. The second-order valence-electron chi connectivity index (χ2n) is 10.4. The Kier molecular flexibility index (Phi) is 9.86. The van der Waals surface area contributed by atoms with Gasteiger partial charge in [0.25, 0.3) is 0 Å². The molecule has 2 aliphatic heterocycles. The molecule has 0 unspecified atom stereocenters. The van der Waals surface area contributed by atoms with Crippen LogP contribution >= 0.6 is 0 Å². The fourth-order valence-corrected chi connectivity index (χ4v) is 5.89. The van der Waals surface area contributed by atoms with Crippen LogP contribution in [0.4, 0.5) is 0 Å². The summed E-state index contributed by atoms with van der Waals surface area (Å²) >= 11 is 0. The summed E-state index contributed by atoms with van der Waals surface area (Å²) in [6, 6.07) is 0. The topological polar surface area (TPSA) is 145 Å². The average molecular weight is 508 g/mol. The number of aliphatic hydroxyl groups is 3. The zero-order valence-corrected chi connectivity index (χ0v) is 21.4. The predicted molar refractivity (Wildman–Crippen MR) is 132 cm³/mol. The van der Waals surface area contributed by atoms with Crippen molar-refractivity contribution in [3.63, 3.8) is 0 Å². The van der Waals surface area contributed by atoms with E-state index in [9.17, 15) is 29.7 Å². The Labute approximate surface area is 212 Å². The van der Waals surface area contributed by atoms with Crippen LogP contribution in [0.5, 0.6) is 0 Å². The van der Waals surface area contributed by atoms with Crippen LogP contribution in [-0.4, -0.2) is 80.6 Å². The molecule has 3 aliphatic rings. The van der Waals surface area contributed by atoms with Gasteiger partial charge in [0.2, 0.25) is 11.6 Å². The molecule has 0 saturated carbocycles. The van der Waals surface area contributed by atoms with Gasteiger partial charge in [-0.2, -0.15) is 0 Å². The lowest BCUT2D eigenvalue weighted by Gasteiger charge is -2.49. The number of rotatable bonds is 14. The van der Waals surface area contributed by atoms with Crippen molar-refractivity contribution < 1.29 is 39.5 Å². The van der Waals surface area contributed by atoms with Gasteiger partial charge < -0.3 is 30.1 Å². The van der Waals surface area contributed by atoms with Crippen LogP contribution in [0, 0.1) is 11.8 Å². The second kappa shape index (κ2) is 12.4. The number of fused-ring (bicyclic) bond motifs is 3. The molecule has 0 aromatic rings. The monoisotopic (exact) mass is 507 g/mol.